The lowest BCUT2D eigenvalue weighted by Crippen LogP contribution is -2.51. The van der Waals surface area contributed by atoms with Gasteiger partial charge in [-0.1, -0.05) is 18.2 Å². The van der Waals surface area contributed by atoms with Crippen molar-refractivity contribution in [3.8, 4) is 0 Å². The molecular formula is C16H20N2O5. The molecule has 0 bridgehead atoms. The maximum Gasteiger partial charge on any atom is 0.303 e. The van der Waals surface area contributed by atoms with Crippen molar-refractivity contribution in [2.75, 3.05) is 5.01 Å². The molecule has 0 saturated carbocycles. The Kier molecular flexibility index (Phi) is 6.92. The zero-order chi connectivity index (χ0) is 17.4. The molecule has 0 aliphatic heterocycles. The zero-order valence-corrected chi connectivity index (χ0v) is 13.2. The number of hydrogen-bond acceptors (Lipinski definition) is 4. The van der Waals surface area contributed by atoms with Crippen molar-refractivity contribution < 1.29 is 24.3 Å². The van der Waals surface area contributed by atoms with E-state index in [2.05, 4.69) is 0 Å². The Bertz CT molecular complexity index is 585. The van der Waals surface area contributed by atoms with E-state index in [4.69, 9.17) is 5.11 Å². The Morgan fingerprint density at radius 1 is 0.913 bits per heavy atom. The number of anilines is 1. The average molecular weight is 320 g/mol. The fourth-order valence-electron chi connectivity index (χ4n) is 2.09. The normalized spacial score (nSPS) is 10.0. The number of carbonyl (C=O) groups excluding carboxylic acids is 3. The molecule has 7 nitrogen and oxygen atoms in total. The maximum absolute atomic E-state index is 12.3. The molecule has 124 valence electrons. The molecule has 0 heterocycles. The Labute approximate surface area is 134 Å². The molecule has 1 rings (SSSR count). The quantitative estimate of drug-likeness (QED) is 0.639. The monoisotopic (exact) mass is 320 g/mol. The Balaban J connectivity index is 2.89. The van der Waals surface area contributed by atoms with Crippen LogP contribution in [0.1, 0.15) is 39.5 Å². The van der Waals surface area contributed by atoms with Crippen molar-refractivity contribution in [2.45, 2.75) is 39.5 Å². The smallest absolute Gasteiger partial charge is 0.303 e. The van der Waals surface area contributed by atoms with Gasteiger partial charge in [-0.3, -0.25) is 19.2 Å². The van der Waals surface area contributed by atoms with Crippen LogP contribution in [0.2, 0.25) is 0 Å². The molecule has 3 amide bonds. The first kappa shape index (κ1) is 18.3. The maximum atomic E-state index is 12.3. The van der Waals surface area contributed by atoms with Gasteiger partial charge in [-0.2, -0.15) is 5.01 Å². The van der Waals surface area contributed by atoms with Gasteiger partial charge in [0.1, 0.15) is 0 Å². The number of rotatable bonds is 6. The van der Waals surface area contributed by atoms with E-state index >= 15 is 0 Å². The molecule has 7 heteroatoms. The van der Waals surface area contributed by atoms with Crippen molar-refractivity contribution in [3.05, 3.63) is 30.3 Å². The molecule has 1 aromatic carbocycles. The third kappa shape index (κ3) is 5.54. The predicted molar refractivity (Wildman–Crippen MR) is 83.2 cm³/mol. The molecule has 1 aromatic rings. The van der Waals surface area contributed by atoms with E-state index in [1.807, 2.05) is 0 Å². The highest BCUT2D eigenvalue weighted by Crippen LogP contribution is 2.18. The van der Waals surface area contributed by atoms with Gasteiger partial charge in [0.15, 0.2) is 0 Å². The van der Waals surface area contributed by atoms with Crippen molar-refractivity contribution in [1.82, 2.24) is 5.01 Å². The number of carboxylic acids is 1. The van der Waals surface area contributed by atoms with Crippen LogP contribution >= 0.6 is 0 Å². The summed E-state index contributed by atoms with van der Waals surface area (Å²) >= 11 is 0. The number of carboxylic acid groups (broad SMARTS) is 1. The predicted octanol–water partition coefficient (Wildman–Crippen LogP) is 1.97. The van der Waals surface area contributed by atoms with Gasteiger partial charge in [0.05, 0.1) is 5.69 Å². The van der Waals surface area contributed by atoms with Crippen molar-refractivity contribution in [3.63, 3.8) is 0 Å². The number of hydrazine groups is 1. The minimum absolute atomic E-state index is 0.0104. The van der Waals surface area contributed by atoms with E-state index in [9.17, 15) is 19.2 Å². The van der Waals surface area contributed by atoms with Gasteiger partial charge >= 0.3 is 5.97 Å². The van der Waals surface area contributed by atoms with Crippen LogP contribution in [0.15, 0.2) is 30.3 Å². The lowest BCUT2D eigenvalue weighted by atomic mass is 10.2. The molecule has 0 saturated heterocycles. The van der Waals surface area contributed by atoms with Gasteiger partial charge in [-0.05, 0) is 25.0 Å². The molecule has 0 unspecified atom stereocenters. The third-order valence-electron chi connectivity index (χ3n) is 3.06. The molecule has 0 atom stereocenters. The van der Waals surface area contributed by atoms with Crippen molar-refractivity contribution in [2.24, 2.45) is 0 Å². The average Bonchev–Trinajstić information content (AvgIpc) is 2.48. The lowest BCUT2D eigenvalue weighted by Gasteiger charge is -2.31. The standard InChI is InChI=1S/C16H20N2O5/c1-12(19)17(14-8-4-3-5-9-14)18(13(2)20)15(21)10-6-7-11-16(22)23/h3-5,8-9H,6-7,10-11H2,1-2H3,(H,22,23). The minimum atomic E-state index is -0.935. The Morgan fingerprint density at radius 3 is 1.96 bits per heavy atom. The number of aliphatic carboxylic acids is 1. The van der Waals surface area contributed by atoms with Gasteiger partial charge in [0, 0.05) is 26.7 Å². The summed E-state index contributed by atoms with van der Waals surface area (Å²) in [5, 5.41) is 10.4. The summed E-state index contributed by atoms with van der Waals surface area (Å²) in [4.78, 5) is 46.6. The van der Waals surface area contributed by atoms with Gasteiger partial charge < -0.3 is 5.11 Å². The fraction of sp³-hybridized carbons (Fsp3) is 0.375. The van der Waals surface area contributed by atoms with Crippen LogP contribution in [0.3, 0.4) is 0 Å². The zero-order valence-electron chi connectivity index (χ0n) is 13.2. The SMILES string of the molecule is CC(=O)N(C(=O)CCCCC(=O)O)N(C(C)=O)c1ccccc1. The number of imide groups is 1. The van der Waals surface area contributed by atoms with Crippen LogP contribution in [0, 0.1) is 0 Å². The summed E-state index contributed by atoms with van der Waals surface area (Å²) in [7, 11) is 0. The van der Waals surface area contributed by atoms with Gasteiger partial charge in [-0.25, -0.2) is 5.01 Å². The van der Waals surface area contributed by atoms with E-state index in [-0.39, 0.29) is 12.8 Å². The number of amides is 3. The van der Waals surface area contributed by atoms with E-state index in [1.165, 1.54) is 13.8 Å². The van der Waals surface area contributed by atoms with Gasteiger partial charge in [0.25, 0.3) is 0 Å². The summed E-state index contributed by atoms with van der Waals surface area (Å²) in [5.41, 5.74) is 0.411. The largest absolute Gasteiger partial charge is 0.481 e. The highest BCUT2D eigenvalue weighted by Gasteiger charge is 2.28. The number of hydrogen-bond donors (Lipinski definition) is 1. The molecule has 0 spiro atoms. The number of benzene rings is 1. The van der Waals surface area contributed by atoms with Crippen LogP contribution in [0.25, 0.3) is 0 Å². The third-order valence-corrected chi connectivity index (χ3v) is 3.06. The van der Waals surface area contributed by atoms with E-state index in [0.717, 1.165) is 10.0 Å². The summed E-state index contributed by atoms with van der Waals surface area (Å²) < 4.78 is 0. The first-order valence-electron chi connectivity index (χ1n) is 7.25. The second kappa shape index (κ2) is 8.67. The molecule has 0 aliphatic carbocycles. The second-order valence-corrected chi connectivity index (χ2v) is 4.99. The number of para-hydroxylation sites is 1. The Morgan fingerprint density at radius 2 is 1.48 bits per heavy atom. The molecule has 0 aromatic heterocycles. The first-order chi connectivity index (χ1) is 10.8. The molecule has 0 fully saturated rings. The fourth-order valence-corrected chi connectivity index (χ4v) is 2.09. The lowest BCUT2D eigenvalue weighted by molar-refractivity contribution is -0.147. The summed E-state index contributed by atoms with van der Waals surface area (Å²) in [6.07, 6.45) is 0.611. The minimum Gasteiger partial charge on any atom is -0.481 e. The Hall–Kier alpha value is -2.70. The topological polar surface area (TPSA) is 95.0 Å². The molecule has 23 heavy (non-hydrogen) atoms. The van der Waals surface area contributed by atoms with Crippen LogP contribution in [-0.4, -0.2) is 33.8 Å². The summed E-state index contributed by atoms with van der Waals surface area (Å²) in [6, 6.07) is 8.39. The molecule has 0 radical (unpaired) electrons. The van der Waals surface area contributed by atoms with Crippen molar-refractivity contribution >= 4 is 29.4 Å². The van der Waals surface area contributed by atoms with E-state index in [1.54, 1.807) is 30.3 Å². The highest BCUT2D eigenvalue weighted by molar-refractivity contribution is 6.03. The second-order valence-electron chi connectivity index (χ2n) is 4.99. The molecule has 1 N–H and O–H groups in total. The van der Waals surface area contributed by atoms with Gasteiger partial charge in [-0.15, -0.1) is 0 Å². The van der Waals surface area contributed by atoms with E-state index in [0.29, 0.717) is 18.5 Å². The van der Waals surface area contributed by atoms with Crippen LogP contribution in [0.4, 0.5) is 5.69 Å². The van der Waals surface area contributed by atoms with Crippen molar-refractivity contribution in [1.29, 1.82) is 0 Å². The number of unbranched alkanes of at least 4 members (excludes halogenated alkanes) is 1. The molecular weight excluding hydrogens is 300 g/mol. The first-order valence-corrected chi connectivity index (χ1v) is 7.25. The van der Waals surface area contributed by atoms with Crippen LogP contribution < -0.4 is 5.01 Å². The van der Waals surface area contributed by atoms with Crippen LogP contribution in [0.5, 0.6) is 0 Å². The van der Waals surface area contributed by atoms with E-state index < -0.39 is 23.7 Å². The number of carbonyl (C=O) groups is 4. The summed E-state index contributed by atoms with van der Waals surface area (Å²) in [6.45, 7) is 2.47. The molecule has 0 aliphatic rings. The van der Waals surface area contributed by atoms with Gasteiger partial charge in [0.2, 0.25) is 17.7 Å². The number of nitrogens with zero attached hydrogens (tertiary/aromatic N) is 2. The highest BCUT2D eigenvalue weighted by atomic mass is 16.4. The van der Waals surface area contributed by atoms with Crippen LogP contribution in [-0.2, 0) is 19.2 Å². The summed E-state index contributed by atoms with van der Waals surface area (Å²) in [5.74, 6) is -2.52.